The number of hydrogen-bond acceptors (Lipinski definition) is 4. The van der Waals surface area contributed by atoms with Gasteiger partial charge in [-0.05, 0) is 42.5 Å². The number of methoxy groups -OCH3 is 1. The normalized spacial score (nSPS) is 10.0. The van der Waals surface area contributed by atoms with Crippen molar-refractivity contribution in [1.29, 1.82) is 0 Å². The first kappa shape index (κ1) is 13.2. The zero-order chi connectivity index (χ0) is 13.8. The van der Waals surface area contributed by atoms with Crippen LogP contribution in [0.1, 0.15) is 10.4 Å². The van der Waals surface area contributed by atoms with E-state index in [0.717, 1.165) is 0 Å². The fraction of sp³-hybridized carbons (Fsp3) is 0.0714. The summed E-state index contributed by atoms with van der Waals surface area (Å²) in [5.41, 5.74) is 6.32. The molecule has 98 valence electrons. The van der Waals surface area contributed by atoms with Crippen LogP contribution in [0.15, 0.2) is 42.5 Å². The minimum atomic E-state index is -0.501. The molecule has 0 fully saturated rings. The summed E-state index contributed by atoms with van der Waals surface area (Å²) in [6.45, 7) is 0. The topological polar surface area (TPSA) is 61.5 Å². The molecule has 0 saturated carbocycles. The smallest absolute Gasteiger partial charge is 0.340 e. The Balaban J connectivity index is 2.26. The van der Waals surface area contributed by atoms with Gasteiger partial charge >= 0.3 is 5.97 Å². The summed E-state index contributed by atoms with van der Waals surface area (Å²) >= 11 is 5.79. The second-order valence-electron chi connectivity index (χ2n) is 3.80. The number of halogens is 1. The summed E-state index contributed by atoms with van der Waals surface area (Å²) < 4.78 is 10.2. The van der Waals surface area contributed by atoms with Gasteiger partial charge in [0, 0.05) is 10.7 Å². The lowest BCUT2D eigenvalue weighted by atomic mass is 10.1. The van der Waals surface area contributed by atoms with E-state index in [-0.39, 0.29) is 5.56 Å². The molecule has 2 N–H and O–H groups in total. The number of ether oxygens (including phenoxy) is 2. The Morgan fingerprint density at radius 3 is 2.37 bits per heavy atom. The molecular weight excluding hydrogens is 266 g/mol. The molecule has 0 aliphatic heterocycles. The van der Waals surface area contributed by atoms with Crippen LogP contribution in [0.4, 0.5) is 5.69 Å². The van der Waals surface area contributed by atoms with Crippen LogP contribution in [-0.2, 0) is 4.74 Å². The Labute approximate surface area is 115 Å². The van der Waals surface area contributed by atoms with Crippen molar-refractivity contribution < 1.29 is 14.3 Å². The molecular formula is C14H12ClNO3. The third-order valence-electron chi connectivity index (χ3n) is 2.48. The van der Waals surface area contributed by atoms with Crippen LogP contribution in [0, 0.1) is 0 Å². The number of carbonyl (C=O) groups excluding carboxylic acids is 1. The van der Waals surface area contributed by atoms with E-state index in [1.807, 2.05) is 0 Å². The minimum Gasteiger partial charge on any atom is -0.465 e. The molecule has 2 aromatic rings. The average molecular weight is 278 g/mol. The largest absolute Gasteiger partial charge is 0.465 e. The summed E-state index contributed by atoms with van der Waals surface area (Å²) in [5, 5.41) is 0.625. The highest BCUT2D eigenvalue weighted by atomic mass is 35.5. The van der Waals surface area contributed by atoms with E-state index in [9.17, 15) is 4.79 Å². The molecule has 0 atom stereocenters. The van der Waals surface area contributed by atoms with Crippen molar-refractivity contribution in [2.45, 2.75) is 0 Å². The van der Waals surface area contributed by atoms with E-state index in [1.54, 1.807) is 36.4 Å². The summed E-state index contributed by atoms with van der Waals surface area (Å²) in [7, 11) is 1.30. The van der Waals surface area contributed by atoms with Crippen LogP contribution in [-0.4, -0.2) is 13.1 Å². The van der Waals surface area contributed by atoms with Crippen molar-refractivity contribution in [3.8, 4) is 11.5 Å². The molecule has 0 amide bonds. The van der Waals surface area contributed by atoms with E-state index < -0.39 is 5.97 Å². The SMILES string of the molecule is COC(=O)c1cc(Oc2ccc(Cl)cc2)ccc1N. The molecule has 0 unspecified atom stereocenters. The van der Waals surface area contributed by atoms with E-state index in [1.165, 1.54) is 13.2 Å². The van der Waals surface area contributed by atoms with Gasteiger partial charge in [0.2, 0.25) is 0 Å². The summed E-state index contributed by atoms with van der Waals surface area (Å²) in [4.78, 5) is 11.5. The predicted octanol–water partition coefficient (Wildman–Crippen LogP) is 3.50. The summed E-state index contributed by atoms with van der Waals surface area (Å²) in [6, 6.07) is 11.7. The fourth-order valence-electron chi connectivity index (χ4n) is 1.52. The van der Waals surface area contributed by atoms with Crippen molar-refractivity contribution in [2.24, 2.45) is 0 Å². The standard InChI is InChI=1S/C14H12ClNO3/c1-18-14(17)12-8-11(6-7-13(12)16)19-10-4-2-9(15)3-5-10/h2-8H,16H2,1H3. The Morgan fingerprint density at radius 2 is 1.74 bits per heavy atom. The fourth-order valence-corrected chi connectivity index (χ4v) is 1.65. The number of esters is 1. The van der Waals surface area contributed by atoms with E-state index in [4.69, 9.17) is 22.1 Å². The van der Waals surface area contributed by atoms with Crippen molar-refractivity contribution in [3.63, 3.8) is 0 Å². The molecule has 2 rings (SSSR count). The molecule has 19 heavy (non-hydrogen) atoms. The Bertz CT molecular complexity index is 596. The first-order valence-corrected chi connectivity index (χ1v) is 5.89. The average Bonchev–Trinajstić information content (AvgIpc) is 2.42. The molecule has 0 aliphatic carbocycles. The molecule has 4 nitrogen and oxygen atoms in total. The highest BCUT2D eigenvalue weighted by Crippen LogP contribution is 2.26. The first-order valence-electron chi connectivity index (χ1n) is 5.51. The van der Waals surface area contributed by atoms with Gasteiger partial charge in [-0.2, -0.15) is 0 Å². The number of nitrogens with two attached hydrogens (primary N) is 1. The maximum absolute atomic E-state index is 11.5. The Hall–Kier alpha value is -2.20. The number of nitrogen functional groups attached to an aromatic ring is 1. The maximum atomic E-state index is 11.5. The van der Waals surface area contributed by atoms with Crippen LogP contribution in [0.3, 0.4) is 0 Å². The van der Waals surface area contributed by atoms with Crippen molar-refractivity contribution in [2.75, 3.05) is 12.8 Å². The maximum Gasteiger partial charge on any atom is 0.340 e. The minimum absolute atomic E-state index is 0.272. The number of carbonyl (C=O) groups is 1. The van der Waals surface area contributed by atoms with Gasteiger partial charge in [-0.15, -0.1) is 0 Å². The van der Waals surface area contributed by atoms with E-state index in [2.05, 4.69) is 4.74 Å². The van der Waals surface area contributed by atoms with E-state index >= 15 is 0 Å². The summed E-state index contributed by atoms with van der Waals surface area (Å²) in [5.74, 6) is 0.612. The second kappa shape index (κ2) is 5.63. The van der Waals surface area contributed by atoms with Gasteiger partial charge in [-0.3, -0.25) is 0 Å². The molecule has 0 radical (unpaired) electrons. The first-order chi connectivity index (χ1) is 9.10. The summed E-state index contributed by atoms with van der Waals surface area (Å²) in [6.07, 6.45) is 0. The van der Waals surface area contributed by atoms with Gasteiger partial charge in [-0.25, -0.2) is 4.79 Å². The highest BCUT2D eigenvalue weighted by molar-refractivity contribution is 6.30. The molecule has 0 aliphatic rings. The Kier molecular flexibility index (Phi) is 3.92. The van der Waals surface area contributed by atoms with Crippen LogP contribution < -0.4 is 10.5 Å². The van der Waals surface area contributed by atoms with Crippen LogP contribution in [0.5, 0.6) is 11.5 Å². The lowest BCUT2D eigenvalue weighted by Gasteiger charge is -2.09. The van der Waals surface area contributed by atoms with Gasteiger partial charge in [0.15, 0.2) is 0 Å². The molecule has 5 heteroatoms. The van der Waals surface area contributed by atoms with Crippen LogP contribution in [0.2, 0.25) is 5.02 Å². The molecule has 0 saturated heterocycles. The van der Waals surface area contributed by atoms with E-state index in [0.29, 0.717) is 22.2 Å². The third kappa shape index (κ3) is 3.17. The quantitative estimate of drug-likeness (QED) is 0.689. The lowest BCUT2D eigenvalue weighted by Crippen LogP contribution is -2.05. The lowest BCUT2D eigenvalue weighted by molar-refractivity contribution is 0.0601. The van der Waals surface area contributed by atoms with Crippen molar-refractivity contribution >= 4 is 23.3 Å². The predicted molar refractivity (Wildman–Crippen MR) is 73.7 cm³/mol. The van der Waals surface area contributed by atoms with Gasteiger partial charge in [0.1, 0.15) is 11.5 Å². The van der Waals surface area contributed by atoms with Crippen LogP contribution in [0.25, 0.3) is 0 Å². The Morgan fingerprint density at radius 1 is 1.11 bits per heavy atom. The van der Waals surface area contributed by atoms with Gasteiger partial charge in [0.25, 0.3) is 0 Å². The highest BCUT2D eigenvalue weighted by Gasteiger charge is 2.11. The monoisotopic (exact) mass is 277 g/mol. The van der Waals surface area contributed by atoms with Crippen molar-refractivity contribution in [3.05, 3.63) is 53.1 Å². The van der Waals surface area contributed by atoms with Gasteiger partial charge in [0.05, 0.1) is 12.7 Å². The number of benzene rings is 2. The zero-order valence-electron chi connectivity index (χ0n) is 10.2. The van der Waals surface area contributed by atoms with Crippen molar-refractivity contribution in [1.82, 2.24) is 0 Å². The molecule has 0 aromatic heterocycles. The molecule has 0 spiro atoms. The number of hydrogen-bond donors (Lipinski definition) is 1. The third-order valence-corrected chi connectivity index (χ3v) is 2.73. The van der Waals surface area contributed by atoms with Gasteiger partial charge < -0.3 is 15.2 Å². The van der Waals surface area contributed by atoms with Crippen LogP contribution >= 0.6 is 11.6 Å². The zero-order valence-corrected chi connectivity index (χ0v) is 11.0. The number of rotatable bonds is 3. The molecule has 0 heterocycles. The molecule has 2 aromatic carbocycles. The second-order valence-corrected chi connectivity index (χ2v) is 4.23. The number of anilines is 1. The molecule has 0 bridgehead atoms. The van der Waals surface area contributed by atoms with Gasteiger partial charge in [-0.1, -0.05) is 11.6 Å².